The maximum atomic E-state index is 10.7. The van der Waals surface area contributed by atoms with Gasteiger partial charge in [-0.05, 0) is 36.0 Å². The zero-order valence-electron chi connectivity index (χ0n) is 7.92. The third-order valence-corrected chi connectivity index (χ3v) is 2.88. The Bertz CT molecular complexity index is 328. The maximum absolute atomic E-state index is 10.7. The second-order valence-electron chi connectivity index (χ2n) is 3.76. The minimum absolute atomic E-state index is 0.0630. The van der Waals surface area contributed by atoms with Gasteiger partial charge in [-0.2, -0.15) is 0 Å². The van der Waals surface area contributed by atoms with Crippen molar-refractivity contribution in [3.63, 3.8) is 0 Å². The van der Waals surface area contributed by atoms with Crippen LogP contribution in [0.25, 0.3) is 0 Å². The Morgan fingerprint density at radius 1 is 1.38 bits per heavy atom. The Labute approximate surface area is 78.8 Å². The van der Waals surface area contributed by atoms with Crippen molar-refractivity contribution < 1.29 is 4.79 Å². The topological polar surface area (TPSA) is 17.1 Å². The summed E-state index contributed by atoms with van der Waals surface area (Å²) in [4.78, 5) is 10.7. The molecule has 2 rings (SSSR count). The van der Waals surface area contributed by atoms with Crippen molar-refractivity contribution in [2.45, 2.75) is 32.1 Å². The van der Waals surface area contributed by atoms with E-state index in [-0.39, 0.29) is 5.92 Å². The molecule has 0 bridgehead atoms. The summed E-state index contributed by atoms with van der Waals surface area (Å²) in [5.41, 5.74) is 4.12. The Balaban J connectivity index is 2.46. The molecule has 0 aromatic heterocycles. The molecule has 1 unspecified atom stereocenters. The smallest absolute Gasteiger partial charge is 0.127 e. The van der Waals surface area contributed by atoms with Crippen LogP contribution in [0, 0.1) is 0 Å². The minimum atomic E-state index is 0.0630. The van der Waals surface area contributed by atoms with Crippen molar-refractivity contribution in [2.75, 3.05) is 0 Å². The number of hydrogen-bond donors (Lipinski definition) is 0. The molecule has 0 heterocycles. The van der Waals surface area contributed by atoms with Gasteiger partial charge in [-0.25, -0.2) is 0 Å². The monoisotopic (exact) mass is 174 g/mol. The second kappa shape index (κ2) is 3.33. The Morgan fingerprint density at radius 3 is 3.00 bits per heavy atom. The molecule has 1 aromatic rings. The first kappa shape index (κ1) is 8.49. The van der Waals surface area contributed by atoms with Crippen molar-refractivity contribution in [1.82, 2.24) is 0 Å². The predicted molar refractivity (Wildman–Crippen MR) is 52.9 cm³/mol. The van der Waals surface area contributed by atoms with E-state index in [1.165, 1.54) is 29.5 Å². The van der Waals surface area contributed by atoms with Crippen molar-refractivity contribution >= 4 is 6.29 Å². The molecule has 0 N–H and O–H groups in total. The van der Waals surface area contributed by atoms with Gasteiger partial charge in [-0.1, -0.05) is 25.1 Å². The fourth-order valence-electron chi connectivity index (χ4n) is 2.15. The number of carbonyl (C=O) groups is 1. The van der Waals surface area contributed by atoms with Crippen LogP contribution in [0.3, 0.4) is 0 Å². The maximum Gasteiger partial charge on any atom is 0.127 e. The molecule has 1 aromatic carbocycles. The van der Waals surface area contributed by atoms with Gasteiger partial charge in [0.15, 0.2) is 0 Å². The SMILES string of the molecule is CC(C=O)c1cccc2c1CCC2. The Morgan fingerprint density at radius 2 is 2.23 bits per heavy atom. The lowest BCUT2D eigenvalue weighted by Gasteiger charge is -2.10. The van der Waals surface area contributed by atoms with Crippen LogP contribution in [0.2, 0.25) is 0 Å². The third kappa shape index (κ3) is 1.39. The molecule has 1 aliphatic rings. The fraction of sp³-hybridized carbons (Fsp3) is 0.417. The quantitative estimate of drug-likeness (QED) is 0.629. The molecule has 68 valence electrons. The van der Waals surface area contributed by atoms with E-state index in [1.807, 2.05) is 6.92 Å². The van der Waals surface area contributed by atoms with Gasteiger partial charge in [-0.15, -0.1) is 0 Å². The molecule has 1 atom stereocenters. The first-order chi connectivity index (χ1) is 6.33. The summed E-state index contributed by atoms with van der Waals surface area (Å²) < 4.78 is 0. The Kier molecular flexibility index (Phi) is 2.17. The number of fused-ring (bicyclic) bond motifs is 1. The van der Waals surface area contributed by atoms with Crippen LogP contribution in [0.1, 0.15) is 36.0 Å². The number of rotatable bonds is 2. The summed E-state index contributed by atoms with van der Waals surface area (Å²) in [5, 5.41) is 0. The van der Waals surface area contributed by atoms with Gasteiger partial charge in [0.1, 0.15) is 6.29 Å². The molecule has 0 aliphatic heterocycles. The highest BCUT2D eigenvalue weighted by Crippen LogP contribution is 2.28. The zero-order valence-corrected chi connectivity index (χ0v) is 7.92. The summed E-state index contributed by atoms with van der Waals surface area (Å²) in [6, 6.07) is 6.34. The van der Waals surface area contributed by atoms with Crippen molar-refractivity contribution in [1.29, 1.82) is 0 Å². The minimum Gasteiger partial charge on any atom is -0.303 e. The summed E-state index contributed by atoms with van der Waals surface area (Å²) in [7, 11) is 0. The van der Waals surface area contributed by atoms with Gasteiger partial charge in [0.05, 0.1) is 0 Å². The van der Waals surface area contributed by atoms with Crippen LogP contribution in [0.15, 0.2) is 18.2 Å². The van der Waals surface area contributed by atoms with Crippen molar-refractivity contribution in [2.24, 2.45) is 0 Å². The van der Waals surface area contributed by atoms with Crippen LogP contribution in [0.5, 0.6) is 0 Å². The van der Waals surface area contributed by atoms with Gasteiger partial charge >= 0.3 is 0 Å². The first-order valence-electron chi connectivity index (χ1n) is 4.89. The molecule has 0 saturated heterocycles. The second-order valence-corrected chi connectivity index (χ2v) is 3.76. The number of benzene rings is 1. The highest BCUT2D eigenvalue weighted by Gasteiger charge is 2.16. The van der Waals surface area contributed by atoms with Gasteiger partial charge in [-0.3, -0.25) is 0 Å². The molecular weight excluding hydrogens is 160 g/mol. The summed E-state index contributed by atoms with van der Waals surface area (Å²) >= 11 is 0. The first-order valence-corrected chi connectivity index (χ1v) is 4.89. The predicted octanol–water partition coefficient (Wildman–Crippen LogP) is 2.48. The van der Waals surface area contributed by atoms with E-state index in [9.17, 15) is 4.79 Å². The average molecular weight is 174 g/mol. The summed E-state index contributed by atoms with van der Waals surface area (Å²) in [6.45, 7) is 1.97. The molecule has 0 radical (unpaired) electrons. The van der Waals surface area contributed by atoms with Gasteiger partial charge in [0, 0.05) is 5.92 Å². The van der Waals surface area contributed by atoms with E-state index in [1.54, 1.807) is 0 Å². The van der Waals surface area contributed by atoms with E-state index < -0.39 is 0 Å². The largest absolute Gasteiger partial charge is 0.303 e. The van der Waals surface area contributed by atoms with Crippen LogP contribution < -0.4 is 0 Å². The summed E-state index contributed by atoms with van der Waals surface area (Å²) in [5.74, 6) is 0.0630. The molecule has 0 spiro atoms. The van der Waals surface area contributed by atoms with E-state index in [2.05, 4.69) is 18.2 Å². The van der Waals surface area contributed by atoms with Gasteiger partial charge < -0.3 is 4.79 Å². The van der Waals surface area contributed by atoms with Crippen molar-refractivity contribution in [3.8, 4) is 0 Å². The zero-order chi connectivity index (χ0) is 9.26. The summed E-state index contributed by atoms with van der Waals surface area (Å²) in [6.07, 6.45) is 4.63. The Hall–Kier alpha value is -1.11. The number of carbonyl (C=O) groups excluding carboxylic acids is 1. The number of hydrogen-bond acceptors (Lipinski definition) is 1. The molecule has 0 amide bonds. The normalized spacial score (nSPS) is 16.7. The molecule has 0 fully saturated rings. The molecule has 0 saturated carbocycles. The van der Waals surface area contributed by atoms with E-state index in [0.29, 0.717) is 0 Å². The fourth-order valence-corrected chi connectivity index (χ4v) is 2.15. The van der Waals surface area contributed by atoms with E-state index >= 15 is 0 Å². The van der Waals surface area contributed by atoms with Gasteiger partial charge in [0.2, 0.25) is 0 Å². The highest BCUT2D eigenvalue weighted by molar-refractivity contribution is 5.63. The van der Waals surface area contributed by atoms with E-state index in [4.69, 9.17) is 0 Å². The lowest BCUT2D eigenvalue weighted by atomic mass is 9.94. The lowest BCUT2D eigenvalue weighted by Crippen LogP contribution is -1.99. The average Bonchev–Trinajstić information content (AvgIpc) is 2.63. The third-order valence-electron chi connectivity index (χ3n) is 2.88. The molecule has 13 heavy (non-hydrogen) atoms. The van der Waals surface area contributed by atoms with Crippen LogP contribution in [-0.2, 0) is 17.6 Å². The number of aryl methyl sites for hydroxylation is 1. The molecule has 1 aliphatic carbocycles. The molecule has 1 heteroatoms. The highest BCUT2D eigenvalue weighted by atomic mass is 16.1. The van der Waals surface area contributed by atoms with Crippen LogP contribution >= 0.6 is 0 Å². The molecule has 1 nitrogen and oxygen atoms in total. The molecular formula is C12H14O. The van der Waals surface area contributed by atoms with Gasteiger partial charge in [0.25, 0.3) is 0 Å². The van der Waals surface area contributed by atoms with Crippen LogP contribution in [0.4, 0.5) is 0 Å². The van der Waals surface area contributed by atoms with Crippen LogP contribution in [-0.4, -0.2) is 6.29 Å². The van der Waals surface area contributed by atoms with Crippen molar-refractivity contribution in [3.05, 3.63) is 34.9 Å². The lowest BCUT2D eigenvalue weighted by molar-refractivity contribution is -0.108. The standard InChI is InChI=1S/C12H14O/c1-9(8-13)11-6-2-4-10-5-3-7-12(10)11/h2,4,6,8-9H,3,5,7H2,1H3. The number of aldehydes is 1. The van der Waals surface area contributed by atoms with E-state index in [0.717, 1.165) is 12.7 Å².